The van der Waals surface area contributed by atoms with Crippen molar-refractivity contribution in [3.63, 3.8) is 0 Å². The second-order valence-corrected chi connectivity index (χ2v) is 4.62. The summed E-state index contributed by atoms with van der Waals surface area (Å²) in [6.07, 6.45) is 3.19. The molecular formula is C13H11BrN2O4. The van der Waals surface area contributed by atoms with Gasteiger partial charge in [-0.15, -0.1) is 0 Å². The van der Waals surface area contributed by atoms with Crippen molar-refractivity contribution in [2.45, 2.75) is 12.8 Å². The van der Waals surface area contributed by atoms with Gasteiger partial charge in [-0.25, -0.2) is 0 Å². The zero-order valence-electron chi connectivity index (χ0n) is 10.4. The molecule has 0 amide bonds. The van der Waals surface area contributed by atoms with Crippen LogP contribution in [0.2, 0.25) is 0 Å². The Hall–Kier alpha value is -2.20. The number of hydrogen-bond acceptors (Lipinski definition) is 5. The van der Waals surface area contributed by atoms with Gasteiger partial charge in [-0.2, -0.15) is 5.26 Å². The molecule has 7 heteroatoms. The van der Waals surface area contributed by atoms with Crippen LogP contribution in [-0.2, 0) is 9.53 Å². The van der Waals surface area contributed by atoms with E-state index in [0.717, 1.165) is 0 Å². The topological polar surface area (TPSA) is 93.2 Å². The maximum Gasteiger partial charge on any atom is 0.307 e. The molecule has 0 aliphatic heterocycles. The van der Waals surface area contributed by atoms with Crippen LogP contribution in [0.1, 0.15) is 18.4 Å². The minimum atomic E-state index is -0.483. The summed E-state index contributed by atoms with van der Waals surface area (Å²) in [5.74, 6) is -0.471. The Kier molecular flexibility index (Phi) is 6.40. The Morgan fingerprint density at radius 2 is 2.30 bits per heavy atom. The lowest BCUT2D eigenvalue weighted by Gasteiger charge is -2.00. The lowest BCUT2D eigenvalue weighted by Crippen LogP contribution is -2.03. The number of carbonyl (C=O) groups excluding carboxylic acids is 1. The van der Waals surface area contributed by atoms with E-state index in [0.29, 0.717) is 10.0 Å². The molecule has 0 saturated carbocycles. The minimum absolute atomic E-state index is 0.0114. The number of benzene rings is 1. The number of ether oxygens (including phenoxy) is 1. The van der Waals surface area contributed by atoms with Crippen LogP contribution in [0.3, 0.4) is 0 Å². The van der Waals surface area contributed by atoms with E-state index >= 15 is 0 Å². The van der Waals surface area contributed by atoms with E-state index in [-0.39, 0.29) is 25.1 Å². The first-order valence-electron chi connectivity index (χ1n) is 5.67. The van der Waals surface area contributed by atoms with Crippen molar-refractivity contribution in [2.24, 2.45) is 0 Å². The van der Waals surface area contributed by atoms with Crippen molar-refractivity contribution >= 4 is 33.7 Å². The Bertz CT molecular complexity index is 578. The number of halogens is 1. The molecule has 1 aromatic rings. The van der Waals surface area contributed by atoms with E-state index in [1.807, 2.05) is 6.07 Å². The number of nitriles is 1. The number of nitro benzene ring substituents is 1. The summed E-state index contributed by atoms with van der Waals surface area (Å²) >= 11 is 3.17. The van der Waals surface area contributed by atoms with Crippen LogP contribution in [0.15, 0.2) is 28.7 Å². The highest BCUT2D eigenvalue weighted by Crippen LogP contribution is 2.24. The van der Waals surface area contributed by atoms with Gasteiger partial charge in [-0.3, -0.25) is 14.9 Å². The van der Waals surface area contributed by atoms with Gasteiger partial charge in [0.1, 0.15) is 6.61 Å². The average Bonchev–Trinajstić information content (AvgIpc) is 2.42. The third kappa shape index (κ3) is 5.20. The summed E-state index contributed by atoms with van der Waals surface area (Å²) in [7, 11) is 0. The van der Waals surface area contributed by atoms with Crippen molar-refractivity contribution in [1.29, 1.82) is 5.26 Å². The first-order chi connectivity index (χ1) is 9.54. The molecule has 0 aliphatic carbocycles. The van der Waals surface area contributed by atoms with E-state index in [1.165, 1.54) is 18.2 Å². The minimum Gasteiger partial charge on any atom is -0.461 e. The Morgan fingerprint density at radius 3 is 2.95 bits per heavy atom. The summed E-state index contributed by atoms with van der Waals surface area (Å²) in [4.78, 5) is 21.5. The van der Waals surface area contributed by atoms with E-state index in [2.05, 4.69) is 15.9 Å². The third-order valence-corrected chi connectivity index (χ3v) is 2.76. The van der Waals surface area contributed by atoms with Gasteiger partial charge in [0.25, 0.3) is 5.69 Å². The van der Waals surface area contributed by atoms with E-state index in [1.54, 1.807) is 12.1 Å². The summed E-state index contributed by atoms with van der Waals surface area (Å²) in [5.41, 5.74) is 0.387. The number of carbonyl (C=O) groups is 1. The molecule has 0 N–H and O–H groups in total. The Labute approximate surface area is 123 Å². The first-order valence-corrected chi connectivity index (χ1v) is 6.47. The molecule has 0 atom stereocenters. The molecule has 0 heterocycles. The quantitative estimate of drug-likeness (QED) is 0.451. The van der Waals surface area contributed by atoms with Crippen LogP contribution in [0.4, 0.5) is 5.69 Å². The van der Waals surface area contributed by atoms with E-state index < -0.39 is 10.9 Å². The molecular weight excluding hydrogens is 328 g/mol. The van der Waals surface area contributed by atoms with Crippen LogP contribution < -0.4 is 0 Å². The van der Waals surface area contributed by atoms with E-state index in [9.17, 15) is 14.9 Å². The molecule has 20 heavy (non-hydrogen) atoms. The highest BCUT2D eigenvalue weighted by molar-refractivity contribution is 9.10. The van der Waals surface area contributed by atoms with Crippen molar-refractivity contribution < 1.29 is 14.5 Å². The maximum atomic E-state index is 11.1. The second-order valence-electron chi connectivity index (χ2n) is 3.70. The van der Waals surface area contributed by atoms with Crippen LogP contribution in [0, 0.1) is 21.4 Å². The molecule has 0 aromatic heterocycles. The zero-order valence-corrected chi connectivity index (χ0v) is 12.0. The molecule has 0 bridgehead atoms. The summed E-state index contributed by atoms with van der Waals surface area (Å²) in [5, 5.41) is 19.2. The fourth-order valence-electron chi connectivity index (χ4n) is 1.36. The molecule has 0 spiro atoms. The van der Waals surface area contributed by atoms with Gasteiger partial charge in [0.2, 0.25) is 0 Å². The number of nitro groups is 1. The van der Waals surface area contributed by atoms with Crippen molar-refractivity contribution in [3.8, 4) is 6.07 Å². The van der Waals surface area contributed by atoms with Crippen LogP contribution in [-0.4, -0.2) is 17.5 Å². The fourth-order valence-corrected chi connectivity index (χ4v) is 1.71. The smallest absolute Gasteiger partial charge is 0.307 e. The second kappa shape index (κ2) is 8.07. The molecule has 0 fully saturated rings. The number of rotatable bonds is 6. The third-order valence-electron chi connectivity index (χ3n) is 2.27. The number of nitrogens with zero attached hydrogens (tertiary/aromatic N) is 2. The Morgan fingerprint density at radius 1 is 1.55 bits per heavy atom. The van der Waals surface area contributed by atoms with Gasteiger partial charge in [0.15, 0.2) is 0 Å². The number of hydrogen-bond donors (Lipinski definition) is 0. The van der Waals surface area contributed by atoms with Crippen molar-refractivity contribution in [3.05, 3.63) is 44.4 Å². The molecule has 0 aliphatic rings. The molecule has 0 saturated heterocycles. The molecule has 0 radical (unpaired) electrons. The molecule has 1 rings (SSSR count). The standard InChI is InChI=1S/C13H11BrN2O4/c14-11-6-5-10(12(9-11)16(18)19)3-2-8-20-13(17)4-1-7-15/h2-3,5-6,9H,1,4,8H2/b3-2+. The molecule has 1 aromatic carbocycles. The van der Waals surface area contributed by atoms with Gasteiger partial charge in [-0.1, -0.05) is 15.9 Å². The summed E-state index contributed by atoms with van der Waals surface area (Å²) < 4.78 is 5.45. The predicted octanol–water partition coefficient (Wildman–Crippen LogP) is 3.22. The lowest BCUT2D eigenvalue weighted by molar-refractivity contribution is -0.385. The van der Waals surface area contributed by atoms with Gasteiger partial charge < -0.3 is 4.74 Å². The van der Waals surface area contributed by atoms with Gasteiger partial charge >= 0.3 is 5.97 Å². The van der Waals surface area contributed by atoms with Crippen LogP contribution in [0.5, 0.6) is 0 Å². The highest BCUT2D eigenvalue weighted by Gasteiger charge is 2.11. The van der Waals surface area contributed by atoms with Gasteiger partial charge in [-0.05, 0) is 24.3 Å². The highest BCUT2D eigenvalue weighted by atomic mass is 79.9. The maximum absolute atomic E-state index is 11.1. The number of esters is 1. The predicted molar refractivity (Wildman–Crippen MR) is 75.6 cm³/mol. The zero-order chi connectivity index (χ0) is 15.0. The van der Waals surface area contributed by atoms with Crippen molar-refractivity contribution in [1.82, 2.24) is 0 Å². The first kappa shape index (κ1) is 15.9. The lowest BCUT2D eigenvalue weighted by atomic mass is 10.1. The van der Waals surface area contributed by atoms with Crippen LogP contribution >= 0.6 is 15.9 Å². The van der Waals surface area contributed by atoms with Crippen LogP contribution in [0.25, 0.3) is 6.08 Å². The summed E-state index contributed by atoms with van der Waals surface area (Å²) in [6.45, 7) is 0.0114. The molecule has 0 unspecified atom stereocenters. The fraction of sp³-hybridized carbons (Fsp3) is 0.231. The average molecular weight is 339 g/mol. The SMILES string of the molecule is N#CCCC(=O)OC/C=C/c1ccc(Br)cc1[N+](=O)[O-]. The van der Waals surface area contributed by atoms with Gasteiger partial charge in [0, 0.05) is 17.0 Å². The van der Waals surface area contributed by atoms with Gasteiger partial charge in [0.05, 0.1) is 23.0 Å². The molecule has 6 nitrogen and oxygen atoms in total. The van der Waals surface area contributed by atoms with Crippen molar-refractivity contribution in [2.75, 3.05) is 6.61 Å². The Balaban J connectivity index is 2.61. The molecule has 104 valence electrons. The monoisotopic (exact) mass is 338 g/mol. The normalized spacial score (nSPS) is 10.2. The largest absolute Gasteiger partial charge is 0.461 e. The summed E-state index contributed by atoms with van der Waals surface area (Å²) in [6, 6.07) is 6.52. The van der Waals surface area contributed by atoms with E-state index in [4.69, 9.17) is 10.00 Å².